The van der Waals surface area contributed by atoms with Gasteiger partial charge in [-0.15, -0.1) is 13.2 Å². The predicted octanol–water partition coefficient (Wildman–Crippen LogP) is 3.05. The van der Waals surface area contributed by atoms with Gasteiger partial charge in [-0.1, -0.05) is 0 Å². The van der Waals surface area contributed by atoms with Crippen LogP contribution < -0.4 is 9.47 Å². The number of ether oxygens (including phenoxy) is 2. The van der Waals surface area contributed by atoms with Gasteiger partial charge in [0.25, 0.3) is 0 Å². The maximum atomic E-state index is 12.0. The van der Waals surface area contributed by atoms with E-state index in [1.165, 1.54) is 43.8 Å². The van der Waals surface area contributed by atoms with Crippen molar-refractivity contribution in [2.24, 2.45) is 0 Å². The largest absolute Gasteiger partial charge is 0.573 e. The van der Waals surface area contributed by atoms with E-state index in [4.69, 9.17) is 4.74 Å². The molecule has 100 valence electrons. The second-order valence-electron chi connectivity index (χ2n) is 3.52. The van der Waals surface area contributed by atoms with Crippen LogP contribution in [0.5, 0.6) is 11.5 Å². The first-order valence-electron chi connectivity index (χ1n) is 5.20. The quantitative estimate of drug-likeness (QED) is 0.859. The van der Waals surface area contributed by atoms with Crippen LogP contribution in [0.3, 0.4) is 0 Å². The number of hydrogen-bond donors (Lipinski definition) is 0. The first-order valence-corrected chi connectivity index (χ1v) is 5.20. The minimum atomic E-state index is -4.70. The summed E-state index contributed by atoms with van der Waals surface area (Å²) in [5.41, 5.74) is 0.581. The zero-order chi connectivity index (χ0) is 13.9. The first kappa shape index (κ1) is 13.1. The molecule has 0 saturated carbocycles. The van der Waals surface area contributed by atoms with Gasteiger partial charge in [0.15, 0.2) is 11.6 Å². The highest BCUT2D eigenvalue weighted by Crippen LogP contribution is 2.25. The smallest absolute Gasteiger partial charge is 0.494 e. The Balaban J connectivity index is 2.17. The molecule has 1 aromatic heterocycles. The third-order valence-electron chi connectivity index (χ3n) is 2.21. The summed E-state index contributed by atoms with van der Waals surface area (Å²) in [5.74, 6) is 0.602. The summed E-state index contributed by atoms with van der Waals surface area (Å²) in [5, 5.41) is 0. The van der Waals surface area contributed by atoms with Crippen LogP contribution in [0, 0.1) is 0 Å². The molecular weight excluding hydrogens is 261 g/mol. The predicted molar refractivity (Wildman–Crippen MR) is 60.7 cm³/mol. The second-order valence-corrected chi connectivity index (χ2v) is 3.52. The van der Waals surface area contributed by atoms with E-state index in [0.717, 1.165) is 0 Å². The molecule has 19 heavy (non-hydrogen) atoms. The number of methoxy groups -OCH3 is 1. The summed E-state index contributed by atoms with van der Waals surface area (Å²) >= 11 is 0. The Morgan fingerprint density at radius 2 is 1.53 bits per heavy atom. The van der Waals surface area contributed by atoms with Crippen LogP contribution in [0.2, 0.25) is 0 Å². The molecule has 0 saturated heterocycles. The van der Waals surface area contributed by atoms with Crippen molar-refractivity contribution in [3.05, 3.63) is 36.7 Å². The molecule has 7 heteroatoms. The Morgan fingerprint density at radius 3 is 2.00 bits per heavy atom. The van der Waals surface area contributed by atoms with E-state index >= 15 is 0 Å². The van der Waals surface area contributed by atoms with Gasteiger partial charge in [0.2, 0.25) is 0 Å². The third-order valence-corrected chi connectivity index (χ3v) is 2.21. The summed E-state index contributed by atoms with van der Waals surface area (Å²) in [7, 11) is 1.49. The molecule has 2 rings (SSSR count). The molecule has 0 fully saturated rings. The summed E-state index contributed by atoms with van der Waals surface area (Å²) in [6, 6.07) is 5.30. The molecule has 0 aliphatic carbocycles. The number of hydrogen-bond acceptors (Lipinski definition) is 4. The van der Waals surface area contributed by atoms with Crippen LogP contribution in [0.1, 0.15) is 0 Å². The highest BCUT2D eigenvalue weighted by atomic mass is 19.4. The van der Waals surface area contributed by atoms with Crippen molar-refractivity contribution < 1.29 is 22.6 Å². The van der Waals surface area contributed by atoms with Crippen LogP contribution in [0.4, 0.5) is 13.2 Å². The van der Waals surface area contributed by atoms with Gasteiger partial charge < -0.3 is 9.47 Å². The molecule has 1 heterocycles. The van der Waals surface area contributed by atoms with E-state index in [2.05, 4.69) is 14.7 Å². The molecule has 0 bridgehead atoms. The lowest BCUT2D eigenvalue weighted by Gasteiger charge is -2.09. The van der Waals surface area contributed by atoms with Crippen molar-refractivity contribution in [3.8, 4) is 22.9 Å². The van der Waals surface area contributed by atoms with Gasteiger partial charge in [-0.05, 0) is 24.3 Å². The summed E-state index contributed by atoms with van der Waals surface area (Å²) in [6.45, 7) is 0. The van der Waals surface area contributed by atoms with Crippen LogP contribution in [-0.2, 0) is 0 Å². The molecule has 0 unspecified atom stereocenters. The van der Waals surface area contributed by atoms with Crippen molar-refractivity contribution in [1.29, 1.82) is 0 Å². The van der Waals surface area contributed by atoms with Crippen LogP contribution in [-0.4, -0.2) is 23.4 Å². The number of benzene rings is 1. The van der Waals surface area contributed by atoms with E-state index < -0.39 is 6.36 Å². The number of rotatable bonds is 3. The number of nitrogens with zero attached hydrogens (tertiary/aromatic N) is 2. The molecule has 0 atom stereocenters. The normalized spacial score (nSPS) is 11.2. The van der Waals surface area contributed by atoms with Gasteiger partial charge >= 0.3 is 6.36 Å². The highest BCUT2D eigenvalue weighted by Gasteiger charge is 2.30. The Hall–Kier alpha value is -2.31. The van der Waals surface area contributed by atoms with Crippen LogP contribution >= 0.6 is 0 Å². The molecule has 2 aromatic rings. The van der Waals surface area contributed by atoms with Gasteiger partial charge in [-0.3, -0.25) is 0 Å². The fraction of sp³-hybridized carbons (Fsp3) is 0.167. The minimum Gasteiger partial charge on any atom is -0.494 e. The topological polar surface area (TPSA) is 44.2 Å². The van der Waals surface area contributed by atoms with Crippen LogP contribution in [0.25, 0.3) is 11.4 Å². The van der Waals surface area contributed by atoms with Gasteiger partial charge in [0.05, 0.1) is 19.5 Å². The standard InChI is InChI=1S/C12H9F3N2O2/c1-18-10-6-16-11(17-7-10)8-2-4-9(5-3-8)19-12(13,14)15/h2-7H,1H3. The zero-order valence-electron chi connectivity index (χ0n) is 9.81. The Labute approximate surface area is 106 Å². The molecular formula is C12H9F3N2O2. The van der Waals surface area contributed by atoms with Gasteiger partial charge in [0, 0.05) is 5.56 Å². The average molecular weight is 270 g/mol. The Bertz CT molecular complexity index is 538. The van der Waals surface area contributed by atoms with E-state index in [-0.39, 0.29) is 5.75 Å². The molecule has 0 spiro atoms. The van der Waals surface area contributed by atoms with Crippen molar-refractivity contribution in [1.82, 2.24) is 9.97 Å². The molecule has 0 radical (unpaired) electrons. The van der Waals surface area contributed by atoms with Gasteiger partial charge in [-0.25, -0.2) is 9.97 Å². The summed E-state index contributed by atoms with van der Waals surface area (Å²) in [4.78, 5) is 8.05. The molecule has 0 amide bonds. The van der Waals surface area contributed by atoms with E-state index in [1.54, 1.807) is 0 Å². The highest BCUT2D eigenvalue weighted by molar-refractivity contribution is 5.56. The lowest BCUT2D eigenvalue weighted by atomic mass is 10.2. The van der Waals surface area contributed by atoms with Gasteiger partial charge in [0.1, 0.15) is 5.75 Å². The van der Waals surface area contributed by atoms with Crippen molar-refractivity contribution in [3.63, 3.8) is 0 Å². The fourth-order valence-electron chi connectivity index (χ4n) is 1.38. The summed E-state index contributed by atoms with van der Waals surface area (Å²) < 4.78 is 44.6. The van der Waals surface area contributed by atoms with E-state index in [0.29, 0.717) is 17.1 Å². The minimum absolute atomic E-state index is 0.287. The molecule has 0 aliphatic heterocycles. The number of alkyl halides is 3. The lowest BCUT2D eigenvalue weighted by molar-refractivity contribution is -0.274. The monoisotopic (exact) mass is 270 g/mol. The lowest BCUT2D eigenvalue weighted by Crippen LogP contribution is -2.16. The second kappa shape index (κ2) is 5.13. The van der Waals surface area contributed by atoms with E-state index in [1.807, 2.05) is 0 Å². The number of aromatic nitrogens is 2. The molecule has 4 nitrogen and oxygen atoms in total. The maximum Gasteiger partial charge on any atom is 0.573 e. The Morgan fingerprint density at radius 1 is 0.947 bits per heavy atom. The van der Waals surface area contributed by atoms with Crippen LogP contribution in [0.15, 0.2) is 36.7 Å². The molecule has 0 aliphatic rings. The Kier molecular flexibility index (Phi) is 3.55. The maximum absolute atomic E-state index is 12.0. The third kappa shape index (κ3) is 3.57. The van der Waals surface area contributed by atoms with Crippen molar-refractivity contribution >= 4 is 0 Å². The first-order chi connectivity index (χ1) is 8.98. The fourth-order valence-corrected chi connectivity index (χ4v) is 1.38. The molecule has 0 N–H and O–H groups in total. The van der Waals surface area contributed by atoms with Gasteiger partial charge in [-0.2, -0.15) is 0 Å². The summed E-state index contributed by atoms with van der Waals surface area (Å²) in [6.07, 6.45) is -1.75. The van der Waals surface area contributed by atoms with Crippen molar-refractivity contribution in [2.45, 2.75) is 6.36 Å². The molecule has 1 aromatic carbocycles. The zero-order valence-corrected chi connectivity index (χ0v) is 9.81. The van der Waals surface area contributed by atoms with E-state index in [9.17, 15) is 13.2 Å². The SMILES string of the molecule is COc1cnc(-c2ccc(OC(F)(F)F)cc2)nc1. The number of halogens is 3. The van der Waals surface area contributed by atoms with Crippen molar-refractivity contribution in [2.75, 3.05) is 7.11 Å². The average Bonchev–Trinajstić information content (AvgIpc) is 2.38.